The molecule has 1 saturated heterocycles. The molecule has 2 heterocycles. The number of ether oxygens (including phenoxy) is 1. The largest absolute Gasteiger partial charge is 0.478 e. The molecule has 1 aromatic carbocycles. The number of pyridine rings is 1. The van der Waals surface area contributed by atoms with Gasteiger partial charge in [-0.2, -0.15) is 0 Å². The molecular weight excluding hydrogens is 483 g/mol. The van der Waals surface area contributed by atoms with E-state index in [1.807, 2.05) is 4.90 Å². The van der Waals surface area contributed by atoms with Crippen LogP contribution in [0.15, 0.2) is 24.3 Å². The molecule has 1 aliphatic rings. The zero-order valence-corrected chi connectivity index (χ0v) is 20.1. The Morgan fingerprint density at radius 2 is 1.72 bits per heavy atom. The first-order chi connectivity index (χ1) is 13.9. The van der Waals surface area contributed by atoms with Crippen LogP contribution in [0.2, 0.25) is 0 Å². The van der Waals surface area contributed by atoms with E-state index in [-0.39, 0.29) is 54.8 Å². The predicted molar refractivity (Wildman–Crippen MR) is 130 cm³/mol. The number of amides is 2. The third kappa shape index (κ3) is 6.75. The summed E-state index contributed by atoms with van der Waals surface area (Å²) in [6.45, 7) is 5.84. The Kier molecular flexibility index (Phi) is 12.1. The minimum atomic E-state index is -1.07. The van der Waals surface area contributed by atoms with Gasteiger partial charge in [-0.05, 0) is 31.2 Å². The van der Waals surface area contributed by atoms with Gasteiger partial charge < -0.3 is 25.0 Å². The summed E-state index contributed by atoms with van der Waals surface area (Å²) in [7, 11) is 0. The fourth-order valence-electron chi connectivity index (χ4n) is 3.21. The molecular formula is C20H27Cl3N4O5. The number of nitrogens with zero attached hydrogens (tertiary/aromatic N) is 3. The second kappa shape index (κ2) is 13.1. The number of carboxylic acid groups (broad SMARTS) is 1. The number of anilines is 2. The van der Waals surface area contributed by atoms with Crippen molar-refractivity contribution in [1.29, 1.82) is 0 Å². The first kappa shape index (κ1) is 29.5. The van der Waals surface area contributed by atoms with Gasteiger partial charge in [0.1, 0.15) is 5.82 Å². The van der Waals surface area contributed by atoms with E-state index < -0.39 is 5.97 Å². The molecule has 178 valence electrons. The molecule has 0 aliphatic carbocycles. The van der Waals surface area contributed by atoms with Gasteiger partial charge in [-0.25, -0.2) is 14.6 Å². The summed E-state index contributed by atoms with van der Waals surface area (Å²) in [5.41, 5.74) is 1.18. The number of aromatic carboxylic acids is 1. The number of carbonyl (C=O) groups is 3. The first-order valence-corrected chi connectivity index (χ1v) is 9.57. The van der Waals surface area contributed by atoms with Crippen LogP contribution in [0.1, 0.15) is 30.6 Å². The Morgan fingerprint density at radius 1 is 1.06 bits per heavy atom. The van der Waals surface area contributed by atoms with Crippen molar-refractivity contribution in [3.63, 3.8) is 0 Å². The fraction of sp³-hybridized carbons (Fsp3) is 0.400. The monoisotopic (exact) mass is 508 g/mol. The number of aromatic nitrogens is 1. The third-order valence-electron chi connectivity index (χ3n) is 4.76. The lowest BCUT2D eigenvalue weighted by Crippen LogP contribution is -2.49. The van der Waals surface area contributed by atoms with Gasteiger partial charge in [0.05, 0.1) is 17.7 Å². The van der Waals surface area contributed by atoms with Crippen LogP contribution >= 0.6 is 37.2 Å². The SMILES string of the molecule is CCOC(=O)N1CCN(c2cc(C(=O)O)c3cc(NC(=O)CC)ccc3n2)CC1.Cl.Cl.Cl. The second-order valence-corrected chi connectivity index (χ2v) is 6.64. The number of nitrogens with one attached hydrogen (secondary N) is 1. The molecule has 3 rings (SSSR count). The lowest BCUT2D eigenvalue weighted by Gasteiger charge is -2.35. The Bertz CT molecular complexity index is 952. The molecule has 0 spiro atoms. The summed E-state index contributed by atoms with van der Waals surface area (Å²) in [5, 5.41) is 12.9. The normalized spacial score (nSPS) is 12.7. The summed E-state index contributed by atoms with van der Waals surface area (Å²) in [5.74, 6) is -0.670. The molecule has 0 unspecified atom stereocenters. The van der Waals surface area contributed by atoms with Crippen molar-refractivity contribution >= 4 is 77.6 Å². The van der Waals surface area contributed by atoms with E-state index in [0.717, 1.165) is 0 Å². The number of carbonyl (C=O) groups excluding carboxylic acids is 2. The Hall–Kier alpha value is -2.49. The van der Waals surface area contributed by atoms with E-state index in [0.29, 0.717) is 61.6 Å². The number of hydrogen-bond donors (Lipinski definition) is 2. The molecule has 32 heavy (non-hydrogen) atoms. The van der Waals surface area contributed by atoms with Crippen molar-refractivity contribution in [2.24, 2.45) is 0 Å². The predicted octanol–water partition coefficient (Wildman–Crippen LogP) is 3.83. The highest BCUT2D eigenvalue weighted by Gasteiger charge is 2.24. The van der Waals surface area contributed by atoms with Crippen LogP contribution in [0.5, 0.6) is 0 Å². The van der Waals surface area contributed by atoms with Gasteiger partial charge in [0.2, 0.25) is 5.91 Å². The summed E-state index contributed by atoms with van der Waals surface area (Å²) in [6, 6.07) is 6.57. The summed E-state index contributed by atoms with van der Waals surface area (Å²) in [6.07, 6.45) is -0.00907. The number of fused-ring (bicyclic) bond motifs is 1. The summed E-state index contributed by atoms with van der Waals surface area (Å²) < 4.78 is 5.02. The average molecular weight is 510 g/mol. The van der Waals surface area contributed by atoms with Crippen LogP contribution in [0, 0.1) is 0 Å². The molecule has 1 aliphatic heterocycles. The maximum absolute atomic E-state index is 11.9. The Balaban J connectivity index is 0.00000320. The Morgan fingerprint density at radius 3 is 2.28 bits per heavy atom. The molecule has 0 atom stereocenters. The molecule has 2 N–H and O–H groups in total. The lowest BCUT2D eigenvalue weighted by molar-refractivity contribution is -0.115. The highest BCUT2D eigenvalue weighted by atomic mass is 35.5. The van der Waals surface area contributed by atoms with Crippen molar-refractivity contribution in [3.8, 4) is 0 Å². The zero-order valence-electron chi connectivity index (χ0n) is 17.7. The van der Waals surface area contributed by atoms with E-state index in [9.17, 15) is 19.5 Å². The van der Waals surface area contributed by atoms with E-state index in [1.165, 1.54) is 6.07 Å². The molecule has 1 aromatic heterocycles. The van der Waals surface area contributed by atoms with Crippen LogP contribution in [0.3, 0.4) is 0 Å². The van der Waals surface area contributed by atoms with Crippen molar-refractivity contribution in [2.45, 2.75) is 20.3 Å². The van der Waals surface area contributed by atoms with Gasteiger partial charge in [-0.15, -0.1) is 37.2 Å². The fourth-order valence-corrected chi connectivity index (χ4v) is 3.21. The minimum absolute atomic E-state index is 0. The molecule has 2 amide bonds. The van der Waals surface area contributed by atoms with Gasteiger partial charge in [-0.3, -0.25) is 4.79 Å². The molecule has 9 nitrogen and oxygen atoms in total. The van der Waals surface area contributed by atoms with Crippen LogP contribution in [-0.4, -0.2) is 65.7 Å². The summed E-state index contributed by atoms with van der Waals surface area (Å²) in [4.78, 5) is 43.5. The van der Waals surface area contributed by atoms with Crippen molar-refractivity contribution < 1.29 is 24.2 Å². The smallest absolute Gasteiger partial charge is 0.409 e. The number of piperazine rings is 1. The quantitative estimate of drug-likeness (QED) is 0.630. The molecule has 1 fully saturated rings. The zero-order chi connectivity index (χ0) is 21.0. The number of carboxylic acids is 1. The molecule has 12 heteroatoms. The molecule has 0 bridgehead atoms. The van der Waals surface area contributed by atoms with Crippen LogP contribution < -0.4 is 10.2 Å². The van der Waals surface area contributed by atoms with Crippen molar-refractivity contribution in [2.75, 3.05) is 43.0 Å². The highest BCUT2D eigenvalue weighted by molar-refractivity contribution is 6.05. The van der Waals surface area contributed by atoms with Gasteiger partial charge in [0, 0.05) is 43.7 Å². The topological polar surface area (TPSA) is 112 Å². The number of hydrogen-bond acceptors (Lipinski definition) is 6. The first-order valence-electron chi connectivity index (χ1n) is 9.57. The van der Waals surface area contributed by atoms with E-state index in [1.54, 1.807) is 36.9 Å². The molecule has 0 saturated carbocycles. The van der Waals surface area contributed by atoms with E-state index in [2.05, 4.69) is 10.3 Å². The van der Waals surface area contributed by atoms with Gasteiger partial charge in [0.25, 0.3) is 0 Å². The third-order valence-corrected chi connectivity index (χ3v) is 4.76. The maximum atomic E-state index is 11.9. The van der Waals surface area contributed by atoms with Crippen LogP contribution in [0.4, 0.5) is 16.3 Å². The molecule has 0 radical (unpaired) electrons. The Labute approximate surface area is 204 Å². The van der Waals surface area contributed by atoms with Gasteiger partial charge in [-0.1, -0.05) is 6.92 Å². The van der Waals surface area contributed by atoms with Gasteiger partial charge in [0.15, 0.2) is 0 Å². The lowest BCUT2D eigenvalue weighted by atomic mass is 10.1. The van der Waals surface area contributed by atoms with Gasteiger partial charge >= 0.3 is 12.1 Å². The number of rotatable bonds is 5. The number of benzene rings is 1. The minimum Gasteiger partial charge on any atom is -0.478 e. The van der Waals surface area contributed by atoms with Crippen LogP contribution in [0.25, 0.3) is 10.9 Å². The molecule has 2 aromatic rings. The van der Waals surface area contributed by atoms with E-state index in [4.69, 9.17) is 4.74 Å². The van der Waals surface area contributed by atoms with E-state index >= 15 is 0 Å². The highest BCUT2D eigenvalue weighted by Crippen LogP contribution is 2.27. The summed E-state index contributed by atoms with van der Waals surface area (Å²) >= 11 is 0. The maximum Gasteiger partial charge on any atom is 0.409 e. The number of halogens is 3. The standard InChI is InChI=1S/C20H24N4O5.3ClH/c1-3-18(25)21-13-5-6-16-14(11-13)15(19(26)27)12-17(22-16)23-7-9-24(10-8-23)20(28)29-4-2;;;/h5-6,11-12H,3-4,7-10H2,1-2H3,(H,21,25)(H,26,27);3*1H. The van der Waals surface area contributed by atoms with Crippen LogP contribution in [-0.2, 0) is 9.53 Å². The van der Waals surface area contributed by atoms with Crippen molar-refractivity contribution in [1.82, 2.24) is 9.88 Å². The second-order valence-electron chi connectivity index (χ2n) is 6.64. The van der Waals surface area contributed by atoms with Crippen molar-refractivity contribution in [3.05, 3.63) is 29.8 Å². The average Bonchev–Trinajstić information content (AvgIpc) is 2.73.